The third kappa shape index (κ3) is 2.75. The van der Waals surface area contributed by atoms with Crippen LogP contribution in [0.1, 0.15) is 0 Å². The van der Waals surface area contributed by atoms with Gasteiger partial charge in [0.2, 0.25) is 0 Å². The minimum atomic E-state index is -4.70. The van der Waals surface area contributed by atoms with Gasteiger partial charge in [-0.1, -0.05) is 11.8 Å². The Labute approximate surface area is 117 Å². The predicted molar refractivity (Wildman–Crippen MR) is 65.4 cm³/mol. The second-order valence-corrected chi connectivity index (χ2v) is 5.55. The Bertz CT molecular complexity index is 395. The molecule has 0 aromatic carbocycles. The highest BCUT2D eigenvalue weighted by Crippen LogP contribution is 2.38. The van der Waals surface area contributed by atoms with Crippen molar-refractivity contribution in [3.8, 4) is 0 Å². The number of ether oxygens (including phenoxy) is 2. The van der Waals surface area contributed by atoms with E-state index in [9.17, 15) is 23.4 Å². The van der Waals surface area contributed by atoms with Crippen molar-refractivity contribution in [2.24, 2.45) is 4.99 Å². The van der Waals surface area contributed by atoms with Crippen molar-refractivity contribution in [3.63, 3.8) is 0 Å². The fourth-order valence-corrected chi connectivity index (χ4v) is 3.34. The molecular weight excluding hydrogens is 301 g/mol. The lowest BCUT2D eigenvalue weighted by Crippen LogP contribution is -2.63. The SMILES string of the molecule is CN=C1N[C@@H]2[C@@H](O)[C@H](O)[C@@H]([C@@H](OC)C(F)(F)F)O[C@@H]2S1. The zero-order valence-corrected chi connectivity index (χ0v) is 11.5. The van der Waals surface area contributed by atoms with E-state index in [0.717, 1.165) is 18.9 Å². The fraction of sp³-hybridized carbons (Fsp3) is 0.900. The molecule has 10 heteroatoms. The van der Waals surface area contributed by atoms with Gasteiger partial charge in [-0.2, -0.15) is 13.2 Å². The van der Waals surface area contributed by atoms with Crippen LogP contribution < -0.4 is 5.32 Å². The van der Waals surface area contributed by atoms with Crippen molar-refractivity contribution < 1.29 is 32.9 Å². The lowest BCUT2D eigenvalue weighted by molar-refractivity contribution is -0.279. The van der Waals surface area contributed by atoms with Gasteiger partial charge in [-0.15, -0.1) is 0 Å². The van der Waals surface area contributed by atoms with Crippen LogP contribution in [-0.4, -0.2) is 71.6 Å². The van der Waals surface area contributed by atoms with Gasteiger partial charge < -0.3 is 25.0 Å². The van der Waals surface area contributed by atoms with E-state index in [1.165, 1.54) is 7.05 Å². The summed E-state index contributed by atoms with van der Waals surface area (Å²) in [7, 11) is 2.38. The maximum atomic E-state index is 12.8. The zero-order valence-electron chi connectivity index (χ0n) is 10.7. The van der Waals surface area contributed by atoms with Crippen LogP contribution in [-0.2, 0) is 9.47 Å². The van der Waals surface area contributed by atoms with Crippen LogP contribution >= 0.6 is 11.8 Å². The number of alkyl halides is 3. The van der Waals surface area contributed by atoms with Crippen LogP contribution in [0.5, 0.6) is 0 Å². The van der Waals surface area contributed by atoms with Crippen LogP contribution in [0.2, 0.25) is 0 Å². The molecule has 0 saturated carbocycles. The standard InChI is InChI=1S/C10H15F3N2O4S/c1-14-9-15-3-4(16)5(17)6(19-8(3)20-9)7(18-2)10(11,12)13/h3-8,16-17H,1-2H3,(H,14,15)/t3-,4-,5+,6+,7-,8-/m1/s1. The van der Waals surface area contributed by atoms with Gasteiger partial charge in [-0.05, 0) is 0 Å². The van der Waals surface area contributed by atoms with Crippen molar-refractivity contribution in [1.82, 2.24) is 5.32 Å². The van der Waals surface area contributed by atoms with Crippen molar-refractivity contribution in [2.75, 3.05) is 14.2 Å². The summed E-state index contributed by atoms with van der Waals surface area (Å²) >= 11 is 1.07. The number of hydrogen-bond acceptors (Lipinski definition) is 6. The summed E-state index contributed by atoms with van der Waals surface area (Å²) in [6.07, 6.45) is -11.8. The number of rotatable bonds is 2. The maximum absolute atomic E-state index is 12.8. The van der Waals surface area contributed by atoms with Gasteiger partial charge >= 0.3 is 6.18 Å². The molecule has 2 saturated heterocycles. The number of aliphatic hydroxyl groups is 2. The first-order valence-corrected chi connectivity index (χ1v) is 6.68. The Morgan fingerprint density at radius 1 is 1.40 bits per heavy atom. The Hall–Kier alpha value is -0.550. The van der Waals surface area contributed by atoms with E-state index < -0.39 is 42.1 Å². The first-order chi connectivity index (χ1) is 9.29. The predicted octanol–water partition coefficient (Wildman–Crippen LogP) is -0.299. The van der Waals surface area contributed by atoms with Gasteiger partial charge in [0.1, 0.15) is 23.7 Å². The molecule has 0 aromatic heterocycles. The van der Waals surface area contributed by atoms with Crippen LogP contribution in [0.15, 0.2) is 4.99 Å². The number of amidine groups is 1. The molecular formula is C10H15F3N2O4S. The monoisotopic (exact) mass is 316 g/mol. The molecule has 6 atom stereocenters. The molecule has 0 unspecified atom stereocenters. The average Bonchev–Trinajstić information content (AvgIpc) is 2.77. The summed E-state index contributed by atoms with van der Waals surface area (Å²) in [4.78, 5) is 3.85. The molecule has 0 radical (unpaired) electrons. The first-order valence-electron chi connectivity index (χ1n) is 5.80. The highest BCUT2D eigenvalue weighted by molar-refractivity contribution is 8.14. The number of aliphatic imine (C=N–C) groups is 1. The van der Waals surface area contributed by atoms with E-state index in [4.69, 9.17) is 4.74 Å². The van der Waals surface area contributed by atoms with Crippen molar-refractivity contribution in [3.05, 3.63) is 0 Å². The molecule has 20 heavy (non-hydrogen) atoms. The number of methoxy groups -OCH3 is 1. The largest absolute Gasteiger partial charge is 0.417 e. The molecule has 2 heterocycles. The molecule has 2 aliphatic heterocycles. The quantitative estimate of drug-likeness (QED) is 0.649. The van der Waals surface area contributed by atoms with Crippen molar-refractivity contribution in [1.29, 1.82) is 0 Å². The molecule has 0 spiro atoms. The Kier molecular flexibility index (Phi) is 4.50. The lowest BCUT2D eigenvalue weighted by atomic mass is 9.94. The molecule has 2 aliphatic rings. The van der Waals surface area contributed by atoms with Gasteiger partial charge in [-0.25, -0.2) is 0 Å². The molecule has 0 bridgehead atoms. The molecule has 6 nitrogen and oxygen atoms in total. The number of hydrogen-bond donors (Lipinski definition) is 3. The third-order valence-electron chi connectivity index (χ3n) is 3.23. The van der Waals surface area contributed by atoms with Crippen molar-refractivity contribution >= 4 is 16.9 Å². The Balaban J connectivity index is 2.21. The maximum Gasteiger partial charge on any atom is 0.417 e. The third-order valence-corrected chi connectivity index (χ3v) is 4.40. The van der Waals surface area contributed by atoms with E-state index >= 15 is 0 Å². The molecule has 116 valence electrons. The van der Waals surface area contributed by atoms with Crippen LogP contribution in [0.3, 0.4) is 0 Å². The smallest absolute Gasteiger partial charge is 0.388 e. The number of nitrogens with one attached hydrogen (secondary N) is 1. The minimum absolute atomic E-state index is 0.438. The van der Waals surface area contributed by atoms with Crippen LogP contribution in [0, 0.1) is 0 Å². The molecule has 2 rings (SSSR count). The number of thioether (sulfide) groups is 1. The number of nitrogens with zero attached hydrogens (tertiary/aromatic N) is 1. The molecule has 2 fully saturated rings. The summed E-state index contributed by atoms with van der Waals surface area (Å²) in [6.45, 7) is 0. The number of halogens is 3. The minimum Gasteiger partial charge on any atom is -0.388 e. The van der Waals surface area contributed by atoms with Crippen molar-refractivity contribution in [2.45, 2.75) is 42.1 Å². The summed E-state index contributed by atoms with van der Waals surface area (Å²) in [5, 5.41) is 23.1. The average molecular weight is 316 g/mol. The summed E-state index contributed by atoms with van der Waals surface area (Å²) in [6, 6.07) is -0.712. The van der Waals surface area contributed by atoms with Gasteiger partial charge in [0.05, 0.1) is 6.04 Å². The Morgan fingerprint density at radius 2 is 2.05 bits per heavy atom. The lowest BCUT2D eigenvalue weighted by Gasteiger charge is -2.41. The topological polar surface area (TPSA) is 83.3 Å². The molecule has 0 amide bonds. The summed E-state index contributed by atoms with van der Waals surface area (Å²) in [5.74, 6) is 0. The van der Waals surface area contributed by atoms with Crippen LogP contribution in [0.25, 0.3) is 0 Å². The highest BCUT2D eigenvalue weighted by atomic mass is 32.2. The second kappa shape index (κ2) is 5.68. The second-order valence-electron chi connectivity index (χ2n) is 4.46. The van der Waals surface area contributed by atoms with E-state index in [0.29, 0.717) is 5.17 Å². The zero-order chi connectivity index (χ0) is 15.1. The van der Waals surface area contributed by atoms with E-state index in [1.807, 2.05) is 0 Å². The first kappa shape index (κ1) is 15.8. The fourth-order valence-electron chi connectivity index (χ4n) is 2.25. The summed E-state index contributed by atoms with van der Waals surface area (Å²) < 4.78 is 48.2. The van der Waals surface area contributed by atoms with Gasteiger partial charge in [0, 0.05) is 14.2 Å². The van der Waals surface area contributed by atoms with Gasteiger partial charge in [0.25, 0.3) is 0 Å². The summed E-state index contributed by atoms with van der Waals surface area (Å²) in [5.41, 5.74) is -0.767. The van der Waals surface area contributed by atoms with E-state index in [1.54, 1.807) is 0 Å². The number of fused-ring (bicyclic) bond motifs is 1. The Morgan fingerprint density at radius 3 is 2.55 bits per heavy atom. The molecule has 0 aliphatic carbocycles. The number of aliphatic hydroxyl groups excluding tert-OH is 2. The van der Waals surface area contributed by atoms with Gasteiger partial charge in [0.15, 0.2) is 11.3 Å². The van der Waals surface area contributed by atoms with E-state index in [-0.39, 0.29) is 0 Å². The molecule has 0 aromatic rings. The normalized spacial score (nSPS) is 41.4. The van der Waals surface area contributed by atoms with Gasteiger partial charge in [-0.3, -0.25) is 4.99 Å². The van der Waals surface area contributed by atoms with Crippen LogP contribution in [0.4, 0.5) is 13.2 Å². The van der Waals surface area contributed by atoms with E-state index in [2.05, 4.69) is 15.0 Å². The highest BCUT2D eigenvalue weighted by Gasteiger charge is 2.57. The molecule has 3 N–H and O–H groups in total.